The van der Waals surface area contributed by atoms with E-state index < -0.39 is 0 Å². The molecule has 0 saturated heterocycles. The van der Waals surface area contributed by atoms with Crippen molar-refractivity contribution in [3.63, 3.8) is 0 Å². The van der Waals surface area contributed by atoms with E-state index in [1.807, 2.05) is 32.9 Å². The number of phenolic OH excluding ortho intramolecular Hbond substituents is 1. The number of fused-ring (bicyclic) bond motifs is 1. The maximum Gasteiger partial charge on any atom is 0.252 e. The van der Waals surface area contributed by atoms with E-state index in [-0.39, 0.29) is 23.4 Å². The normalized spacial score (nSPS) is 21.1. The predicted molar refractivity (Wildman–Crippen MR) is 138 cm³/mol. The summed E-state index contributed by atoms with van der Waals surface area (Å²) in [6, 6.07) is 7.78. The number of allylic oxidation sites excluding steroid dienone is 2. The third kappa shape index (κ3) is 4.63. The minimum absolute atomic E-state index is 0.0188. The molecule has 2 heterocycles. The maximum atomic E-state index is 13.5. The number of carbonyl (C=O) groups is 1. The van der Waals surface area contributed by atoms with Gasteiger partial charge < -0.3 is 10.2 Å². The second-order valence-corrected chi connectivity index (χ2v) is 10.8. The fourth-order valence-electron chi connectivity index (χ4n) is 6.41. The van der Waals surface area contributed by atoms with Gasteiger partial charge in [-0.05, 0) is 80.5 Å². The van der Waals surface area contributed by atoms with Gasteiger partial charge in [-0.1, -0.05) is 31.9 Å². The zero-order valence-corrected chi connectivity index (χ0v) is 21.5. The van der Waals surface area contributed by atoms with Gasteiger partial charge in [0.1, 0.15) is 5.75 Å². The molecule has 2 aromatic heterocycles. The summed E-state index contributed by atoms with van der Waals surface area (Å²) in [6.07, 6.45) is 8.29. The van der Waals surface area contributed by atoms with Gasteiger partial charge in [0.15, 0.2) is 11.6 Å². The molecule has 7 heteroatoms. The van der Waals surface area contributed by atoms with E-state index in [9.17, 15) is 15.0 Å². The topological polar surface area (TPSA) is 101 Å². The minimum atomic E-state index is -0.229. The van der Waals surface area contributed by atoms with Gasteiger partial charge in [-0.3, -0.25) is 4.79 Å². The lowest BCUT2D eigenvalue weighted by atomic mass is 9.62. The van der Waals surface area contributed by atoms with Crippen molar-refractivity contribution in [3.05, 3.63) is 63.9 Å². The molecule has 0 spiro atoms. The van der Waals surface area contributed by atoms with E-state index in [4.69, 9.17) is 0 Å². The second-order valence-electron chi connectivity index (χ2n) is 10.8. The molecule has 2 aliphatic carbocycles. The van der Waals surface area contributed by atoms with Crippen molar-refractivity contribution in [1.29, 1.82) is 0 Å². The van der Waals surface area contributed by atoms with E-state index in [0.29, 0.717) is 41.7 Å². The lowest BCUT2D eigenvalue weighted by Crippen LogP contribution is -2.37. The number of aliphatic hydroxyl groups is 1. The highest BCUT2D eigenvalue weighted by atomic mass is 16.3. The number of nitrogens with zero attached hydrogens (tertiary/aromatic N) is 4. The van der Waals surface area contributed by atoms with Crippen molar-refractivity contribution < 1.29 is 15.0 Å². The second kappa shape index (κ2) is 9.68. The van der Waals surface area contributed by atoms with Crippen LogP contribution in [-0.4, -0.2) is 35.6 Å². The molecule has 3 aromatic rings. The Morgan fingerprint density at radius 2 is 1.86 bits per heavy atom. The van der Waals surface area contributed by atoms with Crippen molar-refractivity contribution in [3.8, 4) is 5.75 Å². The van der Waals surface area contributed by atoms with Crippen molar-refractivity contribution in [1.82, 2.24) is 19.6 Å². The smallest absolute Gasteiger partial charge is 0.252 e. The molecule has 0 radical (unpaired) electrons. The standard InChI is InChI=1S/C29H36N4O3/c1-4-21-14-20(9-10-24(21)34)11-12-29(22-7-5-6-8-22)16-25(35)23(26(36)17-29)15-27-31-28-30-18(2)13-19(3)33(28)32-27/h9-10,13-14,22,34-35H,4-8,11-12,15-17H2,1-3H3. The summed E-state index contributed by atoms with van der Waals surface area (Å²) in [7, 11) is 0. The van der Waals surface area contributed by atoms with Crippen LogP contribution >= 0.6 is 0 Å². The number of carbonyl (C=O) groups excluding carboxylic acids is 1. The molecular formula is C29H36N4O3. The molecule has 1 saturated carbocycles. The minimum Gasteiger partial charge on any atom is -0.512 e. The Morgan fingerprint density at radius 3 is 2.58 bits per heavy atom. The van der Waals surface area contributed by atoms with E-state index in [0.717, 1.165) is 49.1 Å². The summed E-state index contributed by atoms with van der Waals surface area (Å²) >= 11 is 0. The van der Waals surface area contributed by atoms with Gasteiger partial charge in [0.2, 0.25) is 0 Å². The van der Waals surface area contributed by atoms with Crippen molar-refractivity contribution in [2.75, 3.05) is 0 Å². The molecule has 7 nitrogen and oxygen atoms in total. The monoisotopic (exact) mass is 488 g/mol. The first-order valence-corrected chi connectivity index (χ1v) is 13.2. The number of benzene rings is 1. The lowest BCUT2D eigenvalue weighted by molar-refractivity contribution is -0.120. The largest absolute Gasteiger partial charge is 0.512 e. The van der Waals surface area contributed by atoms with Crippen LogP contribution in [0, 0.1) is 25.2 Å². The molecule has 5 rings (SSSR count). The van der Waals surface area contributed by atoms with Crippen LogP contribution in [0.25, 0.3) is 5.78 Å². The first kappa shape index (κ1) is 24.5. The molecule has 2 aliphatic rings. The number of Topliss-reactive ketones (excluding diaryl/α,β-unsaturated/α-hetero) is 1. The number of aryl methyl sites for hydroxylation is 4. The van der Waals surface area contributed by atoms with Crippen LogP contribution in [0.3, 0.4) is 0 Å². The average Bonchev–Trinajstić information content (AvgIpc) is 3.52. The van der Waals surface area contributed by atoms with Crippen LogP contribution in [0.4, 0.5) is 0 Å². The average molecular weight is 489 g/mol. The number of aliphatic hydroxyl groups excluding tert-OH is 1. The maximum absolute atomic E-state index is 13.5. The predicted octanol–water partition coefficient (Wildman–Crippen LogP) is 5.54. The van der Waals surface area contributed by atoms with E-state index in [2.05, 4.69) is 21.1 Å². The summed E-state index contributed by atoms with van der Waals surface area (Å²) in [5, 5.41) is 25.9. The molecule has 0 amide bonds. The highest BCUT2D eigenvalue weighted by Gasteiger charge is 2.46. The Hall–Kier alpha value is -3.22. The van der Waals surface area contributed by atoms with Crippen LogP contribution in [0.1, 0.15) is 80.2 Å². The third-order valence-corrected chi connectivity index (χ3v) is 8.37. The van der Waals surface area contributed by atoms with Gasteiger partial charge in [0.25, 0.3) is 5.78 Å². The highest BCUT2D eigenvalue weighted by molar-refractivity contribution is 5.97. The van der Waals surface area contributed by atoms with Crippen LogP contribution in [-0.2, 0) is 24.1 Å². The first-order chi connectivity index (χ1) is 17.3. The third-order valence-electron chi connectivity index (χ3n) is 8.37. The summed E-state index contributed by atoms with van der Waals surface area (Å²) in [5.74, 6) is 2.03. The molecule has 1 unspecified atom stereocenters. The van der Waals surface area contributed by atoms with Gasteiger partial charge in [-0.2, -0.15) is 4.98 Å². The van der Waals surface area contributed by atoms with Crippen LogP contribution in [0.15, 0.2) is 35.6 Å². The van der Waals surface area contributed by atoms with Crippen molar-refractivity contribution in [2.45, 2.75) is 85.0 Å². The van der Waals surface area contributed by atoms with Gasteiger partial charge in [0, 0.05) is 36.2 Å². The molecule has 190 valence electrons. The Bertz CT molecular complexity index is 1340. The van der Waals surface area contributed by atoms with E-state index in [1.165, 1.54) is 18.4 Å². The summed E-state index contributed by atoms with van der Waals surface area (Å²) < 4.78 is 1.69. The number of hydrogen-bond donors (Lipinski definition) is 2. The number of ketones is 1. The van der Waals surface area contributed by atoms with E-state index in [1.54, 1.807) is 10.6 Å². The molecule has 1 aromatic carbocycles. The Balaban J connectivity index is 1.40. The first-order valence-electron chi connectivity index (χ1n) is 13.2. The fraction of sp³-hybridized carbons (Fsp3) is 0.517. The Kier molecular flexibility index (Phi) is 6.58. The van der Waals surface area contributed by atoms with Gasteiger partial charge in [-0.15, -0.1) is 5.10 Å². The summed E-state index contributed by atoms with van der Waals surface area (Å²) in [5.41, 5.74) is 4.16. The van der Waals surface area contributed by atoms with Crippen LogP contribution in [0.2, 0.25) is 0 Å². The zero-order chi connectivity index (χ0) is 25.4. The number of rotatable bonds is 7. The number of hydrogen-bond acceptors (Lipinski definition) is 6. The zero-order valence-electron chi connectivity index (χ0n) is 21.5. The van der Waals surface area contributed by atoms with Crippen LogP contribution in [0.5, 0.6) is 5.75 Å². The molecule has 1 fully saturated rings. The van der Waals surface area contributed by atoms with Crippen LogP contribution < -0.4 is 0 Å². The number of phenols is 1. The number of aromatic hydroxyl groups is 1. The molecule has 0 aliphatic heterocycles. The van der Waals surface area contributed by atoms with Crippen molar-refractivity contribution >= 4 is 11.6 Å². The highest BCUT2D eigenvalue weighted by Crippen LogP contribution is 2.52. The van der Waals surface area contributed by atoms with Gasteiger partial charge in [-0.25, -0.2) is 9.50 Å². The summed E-state index contributed by atoms with van der Waals surface area (Å²) in [4.78, 5) is 22.5. The van der Waals surface area contributed by atoms with Crippen molar-refractivity contribution in [2.24, 2.45) is 11.3 Å². The van der Waals surface area contributed by atoms with Gasteiger partial charge >= 0.3 is 0 Å². The molecule has 36 heavy (non-hydrogen) atoms. The fourth-order valence-corrected chi connectivity index (χ4v) is 6.41. The summed E-state index contributed by atoms with van der Waals surface area (Å²) in [6.45, 7) is 5.92. The lowest BCUT2D eigenvalue weighted by Gasteiger charge is -2.42. The van der Waals surface area contributed by atoms with E-state index >= 15 is 0 Å². The molecule has 2 N–H and O–H groups in total. The molecule has 1 atom stereocenters. The molecular weight excluding hydrogens is 452 g/mol. The quantitative estimate of drug-likeness (QED) is 0.453. The SMILES string of the molecule is CCc1cc(CCC2(C3CCCC3)CC(=O)C(Cc3nc4nc(C)cc(C)n4n3)=C(O)C2)ccc1O. The van der Waals surface area contributed by atoms with Gasteiger partial charge in [0.05, 0.1) is 5.76 Å². The molecule has 0 bridgehead atoms. The Labute approximate surface area is 212 Å². The number of aromatic nitrogens is 4. The Morgan fingerprint density at radius 1 is 1.08 bits per heavy atom.